The summed E-state index contributed by atoms with van der Waals surface area (Å²) in [5.74, 6) is -2.11. The maximum atomic E-state index is 13.1. The van der Waals surface area contributed by atoms with Crippen LogP contribution >= 0.6 is 0 Å². The Labute approximate surface area is 141 Å². The van der Waals surface area contributed by atoms with E-state index in [1.54, 1.807) is 62.4 Å². The monoisotopic (exact) mass is 328 g/mol. The fourth-order valence-electron chi connectivity index (χ4n) is 2.30. The molecule has 0 amide bonds. The molecule has 0 aromatic heterocycles. The SMILES string of the molecule is CCOOC(OCC)(C(=O)c1ccccc1)c1ccc(C=O)cc1. The highest BCUT2D eigenvalue weighted by atomic mass is 17.2. The number of ketones is 1. The van der Waals surface area contributed by atoms with Crippen molar-refractivity contribution in [3.63, 3.8) is 0 Å². The van der Waals surface area contributed by atoms with Gasteiger partial charge in [0.05, 0.1) is 6.61 Å². The molecular weight excluding hydrogens is 308 g/mol. The molecule has 5 nitrogen and oxygen atoms in total. The molecule has 1 unspecified atom stereocenters. The van der Waals surface area contributed by atoms with Crippen molar-refractivity contribution in [2.45, 2.75) is 19.6 Å². The Morgan fingerprint density at radius 1 is 1.00 bits per heavy atom. The molecule has 0 radical (unpaired) electrons. The van der Waals surface area contributed by atoms with Crippen LogP contribution in [0.2, 0.25) is 0 Å². The van der Waals surface area contributed by atoms with Gasteiger partial charge in [0.1, 0.15) is 6.29 Å². The van der Waals surface area contributed by atoms with Gasteiger partial charge in [0.25, 0.3) is 5.79 Å². The number of ether oxygens (including phenoxy) is 1. The summed E-state index contributed by atoms with van der Waals surface area (Å²) in [6.07, 6.45) is 0.731. The third kappa shape index (κ3) is 3.76. The molecule has 0 saturated carbocycles. The third-order valence-electron chi connectivity index (χ3n) is 3.40. The lowest BCUT2D eigenvalue weighted by Crippen LogP contribution is -2.42. The average molecular weight is 328 g/mol. The van der Waals surface area contributed by atoms with Crippen LogP contribution in [0.1, 0.15) is 40.1 Å². The zero-order valence-electron chi connectivity index (χ0n) is 13.7. The van der Waals surface area contributed by atoms with Crippen LogP contribution in [0.5, 0.6) is 0 Å². The number of Topliss-reactive ketones (excluding diaryl/α,β-unsaturated/α-hetero) is 1. The molecule has 0 bridgehead atoms. The number of rotatable bonds is 9. The first-order valence-corrected chi connectivity index (χ1v) is 7.78. The highest BCUT2D eigenvalue weighted by molar-refractivity contribution is 6.02. The van der Waals surface area contributed by atoms with Crippen molar-refractivity contribution < 1.29 is 24.1 Å². The van der Waals surface area contributed by atoms with Crippen LogP contribution in [0.25, 0.3) is 0 Å². The van der Waals surface area contributed by atoms with Gasteiger partial charge >= 0.3 is 0 Å². The molecule has 2 aromatic carbocycles. The van der Waals surface area contributed by atoms with Crippen molar-refractivity contribution in [2.24, 2.45) is 0 Å². The maximum Gasteiger partial charge on any atom is 0.291 e. The molecule has 0 saturated heterocycles. The predicted molar refractivity (Wildman–Crippen MR) is 88.6 cm³/mol. The van der Waals surface area contributed by atoms with Crippen molar-refractivity contribution in [2.75, 3.05) is 13.2 Å². The molecule has 0 aliphatic heterocycles. The number of hydrogen-bond donors (Lipinski definition) is 0. The van der Waals surface area contributed by atoms with Gasteiger partial charge in [-0.1, -0.05) is 54.6 Å². The first-order chi connectivity index (χ1) is 11.7. The molecule has 126 valence electrons. The lowest BCUT2D eigenvalue weighted by atomic mass is 9.95. The number of hydrogen-bond acceptors (Lipinski definition) is 5. The van der Waals surface area contributed by atoms with E-state index in [0.29, 0.717) is 16.7 Å². The molecule has 1 atom stereocenters. The van der Waals surface area contributed by atoms with Gasteiger partial charge in [0.2, 0.25) is 5.78 Å². The number of benzene rings is 2. The van der Waals surface area contributed by atoms with Gasteiger partial charge in [-0.15, -0.1) is 0 Å². The molecule has 24 heavy (non-hydrogen) atoms. The Morgan fingerprint density at radius 3 is 2.21 bits per heavy atom. The van der Waals surface area contributed by atoms with Crippen LogP contribution in [-0.4, -0.2) is 25.3 Å². The largest absolute Gasteiger partial charge is 0.338 e. The lowest BCUT2D eigenvalue weighted by Gasteiger charge is -2.30. The molecular formula is C19H20O5. The Kier molecular flexibility index (Phi) is 6.37. The van der Waals surface area contributed by atoms with Gasteiger partial charge in [-0.25, -0.2) is 4.89 Å². The molecule has 0 spiro atoms. The second kappa shape index (κ2) is 8.49. The van der Waals surface area contributed by atoms with Crippen molar-refractivity contribution in [3.05, 3.63) is 71.3 Å². The van der Waals surface area contributed by atoms with E-state index in [2.05, 4.69) is 0 Å². The minimum Gasteiger partial charge on any atom is -0.338 e. The molecule has 0 heterocycles. The zero-order valence-corrected chi connectivity index (χ0v) is 13.7. The summed E-state index contributed by atoms with van der Waals surface area (Å²) < 4.78 is 5.72. The van der Waals surface area contributed by atoms with E-state index in [-0.39, 0.29) is 19.0 Å². The summed E-state index contributed by atoms with van der Waals surface area (Å²) in [7, 11) is 0. The zero-order chi connectivity index (χ0) is 17.4. The van der Waals surface area contributed by atoms with E-state index in [1.165, 1.54) is 0 Å². The Morgan fingerprint density at radius 2 is 1.67 bits per heavy atom. The van der Waals surface area contributed by atoms with Crippen molar-refractivity contribution in [1.82, 2.24) is 0 Å². The number of aldehydes is 1. The Bertz CT molecular complexity index is 666. The van der Waals surface area contributed by atoms with E-state index < -0.39 is 5.79 Å². The van der Waals surface area contributed by atoms with Gasteiger partial charge in [0.15, 0.2) is 0 Å². The van der Waals surface area contributed by atoms with Gasteiger partial charge in [0, 0.05) is 23.3 Å². The van der Waals surface area contributed by atoms with Gasteiger partial charge < -0.3 is 4.74 Å². The second-order valence-electron chi connectivity index (χ2n) is 4.97. The highest BCUT2D eigenvalue weighted by Crippen LogP contribution is 2.32. The first-order valence-electron chi connectivity index (χ1n) is 7.78. The summed E-state index contributed by atoms with van der Waals surface area (Å²) in [5.41, 5.74) is 1.38. The average Bonchev–Trinajstić information content (AvgIpc) is 2.65. The van der Waals surface area contributed by atoms with E-state index in [4.69, 9.17) is 14.5 Å². The van der Waals surface area contributed by atoms with Crippen LogP contribution < -0.4 is 0 Å². The Balaban J connectivity index is 2.52. The van der Waals surface area contributed by atoms with E-state index >= 15 is 0 Å². The lowest BCUT2D eigenvalue weighted by molar-refractivity contribution is -0.412. The minimum absolute atomic E-state index is 0.237. The number of carbonyl (C=O) groups excluding carboxylic acids is 2. The van der Waals surface area contributed by atoms with Crippen LogP contribution in [0, 0.1) is 0 Å². The van der Waals surface area contributed by atoms with Crippen molar-refractivity contribution in [1.29, 1.82) is 0 Å². The number of carbonyl (C=O) groups is 2. The maximum absolute atomic E-state index is 13.1. The summed E-state index contributed by atoms with van der Waals surface area (Å²) >= 11 is 0. The summed E-state index contributed by atoms with van der Waals surface area (Å²) in [6.45, 7) is 4.01. The van der Waals surface area contributed by atoms with Crippen LogP contribution in [-0.2, 0) is 20.3 Å². The topological polar surface area (TPSA) is 61.8 Å². The quantitative estimate of drug-likeness (QED) is 0.232. The van der Waals surface area contributed by atoms with Crippen molar-refractivity contribution in [3.8, 4) is 0 Å². The standard InChI is InChI=1S/C19H20O5/c1-3-22-19(24-23-4-2,17-12-10-15(14-20)11-13-17)18(21)16-8-6-5-7-9-16/h5-14H,3-4H2,1-2H3. The van der Waals surface area contributed by atoms with Crippen molar-refractivity contribution >= 4 is 12.1 Å². The van der Waals surface area contributed by atoms with Crippen LogP contribution in [0.15, 0.2) is 54.6 Å². The Hall–Kier alpha value is -2.34. The molecule has 0 N–H and O–H groups in total. The second-order valence-corrected chi connectivity index (χ2v) is 4.97. The highest BCUT2D eigenvalue weighted by Gasteiger charge is 2.45. The normalized spacial score (nSPS) is 13.2. The van der Waals surface area contributed by atoms with Crippen LogP contribution in [0.3, 0.4) is 0 Å². The fraction of sp³-hybridized carbons (Fsp3) is 0.263. The van der Waals surface area contributed by atoms with Crippen LogP contribution in [0.4, 0.5) is 0 Å². The molecule has 0 aliphatic rings. The van der Waals surface area contributed by atoms with Gasteiger partial charge in [-0.3, -0.25) is 9.59 Å². The van der Waals surface area contributed by atoms with Gasteiger partial charge in [-0.05, 0) is 13.8 Å². The molecule has 0 fully saturated rings. The molecule has 2 rings (SSSR count). The van der Waals surface area contributed by atoms with E-state index in [1.807, 2.05) is 6.07 Å². The summed E-state index contributed by atoms with van der Waals surface area (Å²) in [5, 5.41) is 0. The fourth-order valence-corrected chi connectivity index (χ4v) is 2.30. The summed E-state index contributed by atoms with van der Waals surface area (Å²) in [4.78, 5) is 34.5. The predicted octanol–water partition coefficient (Wildman–Crippen LogP) is 3.54. The van der Waals surface area contributed by atoms with E-state index in [0.717, 1.165) is 6.29 Å². The smallest absolute Gasteiger partial charge is 0.291 e. The minimum atomic E-state index is -1.73. The molecule has 0 aliphatic carbocycles. The molecule has 5 heteroatoms. The summed E-state index contributed by atoms with van der Waals surface area (Å²) in [6, 6.07) is 15.2. The van der Waals surface area contributed by atoms with E-state index in [9.17, 15) is 9.59 Å². The first kappa shape index (κ1) is 18.0. The molecule has 2 aromatic rings. The third-order valence-corrected chi connectivity index (χ3v) is 3.40. The van der Waals surface area contributed by atoms with Gasteiger partial charge in [-0.2, -0.15) is 4.89 Å².